The van der Waals surface area contributed by atoms with E-state index in [2.05, 4.69) is 15.5 Å². The van der Waals surface area contributed by atoms with Crippen molar-refractivity contribution in [1.29, 1.82) is 0 Å². The summed E-state index contributed by atoms with van der Waals surface area (Å²) in [7, 11) is 1.87. The van der Waals surface area contributed by atoms with Gasteiger partial charge in [-0.3, -0.25) is 9.59 Å². The lowest BCUT2D eigenvalue weighted by molar-refractivity contribution is -0.116. The zero-order valence-corrected chi connectivity index (χ0v) is 13.7. The third kappa shape index (κ3) is 4.96. The second-order valence-corrected chi connectivity index (χ2v) is 5.90. The number of hydrogen-bond acceptors (Lipinski definition) is 4. The number of piperidine rings is 1. The fourth-order valence-corrected chi connectivity index (χ4v) is 2.86. The van der Waals surface area contributed by atoms with E-state index in [4.69, 9.17) is 5.73 Å². The first-order chi connectivity index (χ1) is 11.1. The summed E-state index contributed by atoms with van der Waals surface area (Å²) >= 11 is 0. The molecule has 2 amide bonds. The van der Waals surface area contributed by atoms with Gasteiger partial charge >= 0.3 is 0 Å². The van der Waals surface area contributed by atoms with Gasteiger partial charge in [-0.1, -0.05) is 0 Å². The first kappa shape index (κ1) is 17.3. The molecular formula is C17H26N4O2. The van der Waals surface area contributed by atoms with Crippen LogP contribution in [-0.2, 0) is 4.79 Å². The van der Waals surface area contributed by atoms with Gasteiger partial charge in [-0.05, 0) is 57.5 Å². The summed E-state index contributed by atoms with van der Waals surface area (Å²) in [5, 5.41) is 5.92. The molecule has 126 valence electrons. The van der Waals surface area contributed by atoms with E-state index in [-0.39, 0.29) is 5.91 Å². The van der Waals surface area contributed by atoms with Crippen LogP contribution in [-0.4, -0.2) is 38.5 Å². The summed E-state index contributed by atoms with van der Waals surface area (Å²) in [5.41, 5.74) is 7.54. The number of nitrogens with zero attached hydrogens (tertiary/aromatic N) is 1. The van der Waals surface area contributed by atoms with Gasteiger partial charge in [-0.15, -0.1) is 0 Å². The van der Waals surface area contributed by atoms with Gasteiger partial charge in [0.05, 0.1) is 11.3 Å². The van der Waals surface area contributed by atoms with E-state index >= 15 is 0 Å². The normalized spacial score (nSPS) is 14.6. The van der Waals surface area contributed by atoms with Gasteiger partial charge in [0.25, 0.3) is 5.91 Å². The van der Waals surface area contributed by atoms with Crippen LogP contribution in [0.1, 0.15) is 42.5 Å². The number of carbonyl (C=O) groups excluding carboxylic acids is 2. The van der Waals surface area contributed by atoms with E-state index in [1.165, 1.54) is 6.42 Å². The highest BCUT2D eigenvalue weighted by atomic mass is 16.2. The van der Waals surface area contributed by atoms with Crippen LogP contribution in [0.4, 0.5) is 11.4 Å². The fourth-order valence-electron chi connectivity index (χ4n) is 2.86. The number of carbonyl (C=O) groups is 2. The Morgan fingerprint density at radius 1 is 1.22 bits per heavy atom. The Labute approximate surface area is 137 Å². The summed E-state index contributed by atoms with van der Waals surface area (Å²) in [6.45, 7) is 2.65. The van der Waals surface area contributed by atoms with E-state index in [0.29, 0.717) is 17.7 Å². The van der Waals surface area contributed by atoms with E-state index in [1.54, 1.807) is 12.1 Å². The molecule has 2 rings (SSSR count). The number of amides is 2. The topological polar surface area (TPSA) is 87.5 Å². The predicted molar refractivity (Wildman–Crippen MR) is 92.8 cm³/mol. The van der Waals surface area contributed by atoms with Crippen molar-refractivity contribution < 1.29 is 9.59 Å². The van der Waals surface area contributed by atoms with E-state index < -0.39 is 5.91 Å². The van der Waals surface area contributed by atoms with E-state index in [1.807, 2.05) is 13.1 Å². The molecule has 1 aromatic carbocycles. The van der Waals surface area contributed by atoms with Crippen molar-refractivity contribution in [3.8, 4) is 0 Å². The number of hydrogen-bond donors (Lipinski definition) is 3. The summed E-state index contributed by atoms with van der Waals surface area (Å²) in [5.74, 6) is -0.450. The first-order valence-electron chi connectivity index (χ1n) is 8.25. The maximum atomic E-state index is 11.9. The highest BCUT2D eigenvalue weighted by Gasteiger charge is 2.18. The SMILES string of the molecule is CNCCCC(=O)Nc1ccc(C(N)=O)c(N2CCCCC2)c1. The van der Waals surface area contributed by atoms with Crippen molar-refractivity contribution in [1.82, 2.24) is 5.32 Å². The number of nitrogens with two attached hydrogens (primary N) is 1. The molecule has 1 aromatic rings. The first-order valence-corrected chi connectivity index (χ1v) is 8.25. The number of nitrogens with one attached hydrogen (secondary N) is 2. The Morgan fingerprint density at radius 2 is 1.96 bits per heavy atom. The van der Waals surface area contributed by atoms with Crippen molar-refractivity contribution in [3.63, 3.8) is 0 Å². The Bertz CT molecular complexity index is 554. The lowest BCUT2D eigenvalue weighted by atomic mass is 10.1. The molecule has 6 nitrogen and oxygen atoms in total. The van der Waals surface area contributed by atoms with Crippen molar-refractivity contribution in [2.24, 2.45) is 5.73 Å². The van der Waals surface area contributed by atoms with E-state index in [9.17, 15) is 9.59 Å². The van der Waals surface area contributed by atoms with Crippen LogP contribution < -0.4 is 21.3 Å². The van der Waals surface area contributed by atoms with Crippen molar-refractivity contribution >= 4 is 23.2 Å². The molecule has 0 atom stereocenters. The third-order valence-corrected chi connectivity index (χ3v) is 4.07. The molecule has 0 aromatic heterocycles. The summed E-state index contributed by atoms with van der Waals surface area (Å²) in [4.78, 5) is 25.8. The minimum atomic E-state index is -0.433. The molecule has 6 heteroatoms. The number of rotatable bonds is 7. The van der Waals surface area contributed by atoms with Crippen LogP contribution in [0.3, 0.4) is 0 Å². The number of primary amides is 1. The largest absolute Gasteiger partial charge is 0.371 e. The zero-order chi connectivity index (χ0) is 16.7. The Balaban J connectivity index is 2.12. The summed E-state index contributed by atoms with van der Waals surface area (Å²) in [6.07, 6.45) is 4.69. The average molecular weight is 318 g/mol. The van der Waals surface area contributed by atoms with Gasteiger partial charge in [0, 0.05) is 25.2 Å². The van der Waals surface area contributed by atoms with Crippen LogP contribution >= 0.6 is 0 Å². The quantitative estimate of drug-likeness (QED) is 0.668. The van der Waals surface area contributed by atoms with Crippen LogP contribution in [0.25, 0.3) is 0 Å². The van der Waals surface area contributed by atoms with E-state index in [0.717, 1.165) is 44.6 Å². The summed E-state index contributed by atoms with van der Waals surface area (Å²) < 4.78 is 0. The lowest BCUT2D eigenvalue weighted by Crippen LogP contribution is -2.31. The van der Waals surface area contributed by atoms with Gasteiger partial charge in [0.2, 0.25) is 5.91 Å². The van der Waals surface area contributed by atoms with Crippen LogP contribution in [0.15, 0.2) is 18.2 Å². The smallest absolute Gasteiger partial charge is 0.250 e. The van der Waals surface area contributed by atoms with Crippen molar-refractivity contribution in [3.05, 3.63) is 23.8 Å². The second-order valence-electron chi connectivity index (χ2n) is 5.90. The van der Waals surface area contributed by atoms with Gasteiger partial charge in [0.15, 0.2) is 0 Å². The highest BCUT2D eigenvalue weighted by Crippen LogP contribution is 2.27. The standard InChI is InChI=1S/C17H26N4O2/c1-19-9-5-6-16(22)20-13-7-8-14(17(18)23)15(12-13)21-10-3-2-4-11-21/h7-8,12,19H,2-6,9-11H2,1H3,(H2,18,23)(H,20,22). The molecule has 1 saturated heterocycles. The number of benzene rings is 1. The lowest BCUT2D eigenvalue weighted by Gasteiger charge is -2.30. The molecule has 0 spiro atoms. The van der Waals surface area contributed by atoms with Gasteiger partial charge in [-0.2, -0.15) is 0 Å². The molecule has 1 heterocycles. The fraction of sp³-hybridized carbons (Fsp3) is 0.529. The molecule has 0 saturated carbocycles. The van der Waals surface area contributed by atoms with Gasteiger partial charge < -0.3 is 21.3 Å². The average Bonchev–Trinajstić information content (AvgIpc) is 2.55. The maximum absolute atomic E-state index is 11.9. The molecule has 1 aliphatic rings. The van der Waals surface area contributed by atoms with Crippen LogP contribution in [0, 0.1) is 0 Å². The zero-order valence-electron chi connectivity index (χ0n) is 13.7. The maximum Gasteiger partial charge on any atom is 0.250 e. The molecule has 0 unspecified atom stereocenters. The molecule has 0 bridgehead atoms. The van der Waals surface area contributed by atoms with Crippen molar-refractivity contribution in [2.45, 2.75) is 32.1 Å². The second kappa shape index (κ2) is 8.53. The molecule has 1 aliphatic heterocycles. The Kier molecular flexibility index (Phi) is 6.40. The molecule has 0 aliphatic carbocycles. The molecule has 0 radical (unpaired) electrons. The molecule has 23 heavy (non-hydrogen) atoms. The Morgan fingerprint density at radius 3 is 2.61 bits per heavy atom. The molecular weight excluding hydrogens is 292 g/mol. The third-order valence-electron chi connectivity index (χ3n) is 4.07. The van der Waals surface area contributed by atoms with Crippen LogP contribution in [0.2, 0.25) is 0 Å². The van der Waals surface area contributed by atoms with Crippen molar-refractivity contribution in [2.75, 3.05) is 36.9 Å². The van der Waals surface area contributed by atoms with Gasteiger partial charge in [-0.25, -0.2) is 0 Å². The monoisotopic (exact) mass is 318 g/mol. The highest BCUT2D eigenvalue weighted by molar-refractivity contribution is 6.00. The van der Waals surface area contributed by atoms with Crippen LogP contribution in [0.5, 0.6) is 0 Å². The van der Waals surface area contributed by atoms with Gasteiger partial charge in [0.1, 0.15) is 0 Å². The number of anilines is 2. The Hall–Kier alpha value is -2.08. The minimum Gasteiger partial charge on any atom is -0.371 e. The summed E-state index contributed by atoms with van der Waals surface area (Å²) in [6, 6.07) is 5.31. The predicted octanol–water partition coefficient (Wildman–Crippen LogP) is 1.71. The molecule has 1 fully saturated rings. The molecule has 4 N–H and O–H groups in total. The minimum absolute atomic E-state index is 0.0170.